The molecule has 8 heteroatoms. The number of hydrogen-bond acceptors (Lipinski definition) is 6. The van der Waals surface area contributed by atoms with Gasteiger partial charge in [0.1, 0.15) is 5.75 Å². The van der Waals surface area contributed by atoms with Gasteiger partial charge in [0.2, 0.25) is 6.79 Å². The lowest BCUT2D eigenvalue weighted by Crippen LogP contribution is -2.22. The number of fused-ring (bicyclic) bond motifs is 1. The van der Waals surface area contributed by atoms with Gasteiger partial charge in [0, 0.05) is 23.4 Å². The third-order valence-electron chi connectivity index (χ3n) is 7.00. The van der Waals surface area contributed by atoms with Crippen LogP contribution in [0.1, 0.15) is 58.3 Å². The van der Waals surface area contributed by atoms with E-state index < -0.39 is 0 Å². The zero-order valence-corrected chi connectivity index (χ0v) is 23.8. The minimum atomic E-state index is -0.279. The Kier molecular flexibility index (Phi) is 7.66. The molecule has 5 rings (SSSR count). The SMILES string of the molecule is COc1ccc(C(C)(C)C)cc1C(=O)Nc1cnc(C)c(-c2ccc(C(=O)NCc3ccc4c(c3)OCO4)cc2)c1. The van der Waals surface area contributed by atoms with Crippen molar-refractivity contribution in [1.29, 1.82) is 0 Å². The molecule has 0 unspecified atom stereocenters. The fourth-order valence-corrected chi connectivity index (χ4v) is 4.58. The number of benzene rings is 3. The van der Waals surface area contributed by atoms with Gasteiger partial charge in [0.15, 0.2) is 11.5 Å². The summed E-state index contributed by atoms with van der Waals surface area (Å²) >= 11 is 0. The quantitative estimate of drug-likeness (QED) is 0.281. The number of anilines is 1. The topological polar surface area (TPSA) is 98.8 Å². The number of nitrogens with zero attached hydrogens (tertiary/aromatic N) is 1. The molecular formula is C33H33N3O5. The Labute approximate surface area is 239 Å². The molecule has 1 aliphatic heterocycles. The van der Waals surface area contributed by atoms with Crippen LogP contribution in [0.4, 0.5) is 5.69 Å². The summed E-state index contributed by atoms with van der Waals surface area (Å²) in [5, 5.41) is 5.90. The third-order valence-corrected chi connectivity index (χ3v) is 7.00. The Morgan fingerprint density at radius 1 is 0.927 bits per heavy atom. The minimum Gasteiger partial charge on any atom is -0.496 e. The van der Waals surface area contributed by atoms with Gasteiger partial charge >= 0.3 is 0 Å². The first-order valence-corrected chi connectivity index (χ1v) is 13.4. The van der Waals surface area contributed by atoms with Crippen molar-refractivity contribution in [3.05, 3.63) is 101 Å². The van der Waals surface area contributed by atoms with E-state index in [4.69, 9.17) is 14.2 Å². The van der Waals surface area contributed by atoms with Crippen molar-refractivity contribution in [1.82, 2.24) is 10.3 Å². The van der Waals surface area contributed by atoms with Crippen LogP contribution in [-0.4, -0.2) is 30.7 Å². The van der Waals surface area contributed by atoms with Gasteiger partial charge in [-0.15, -0.1) is 0 Å². The zero-order chi connectivity index (χ0) is 29.1. The lowest BCUT2D eigenvalue weighted by atomic mass is 9.86. The summed E-state index contributed by atoms with van der Waals surface area (Å²) in [5.41, 5.74) is 5.92. The number of aromatic nitrogens is 1. The summed E-state index contributed by atoms with van der Waals surface area (Å²) in [6.07, 6.45) is 1.63. The van der Waals surface area contributed by atoms with Crippen LogP contribution in [0.2, 0.25) is 0 Å². The summed E-state index contributed by atoms with van der Waals surface area (Å²) in [5.74, 6) is 1.43. The molecule has 0 spiro atoms. The van der Waals surface area contributed by atoms with Crippen molar-refractivity contribution in [3.63, 3.8) is 0 Å². The number of carbonyl (C=O) groups excluding carboxylic acids is 2. The molecule has 4 aromatic rings. The van der Waals surface area contributed by atoms with Crippen LogP contribution in [-0.2, 0) is 12.0 Å². The first-order valence-electron chi connectivity index (χ1n) is 13.4. The van der Waals surface area contributed by atoms with Gasteiger partial charge in [0.05, 0.1) is 24.6 Å². The Morgan fingerprint density at radius 2 is 1.68 bits per heavy atom. The van der Waals surface area contributed by atoms with Crippen LogP contribution in [0.25, 0.3) is 11.1 Å². The van der Waals surface area contributed by atoms with Crippen molar-refractivity contribution in [2.75, 3.05) is 19.2 Å². The second-order valence-corrected chi connectivity index (χ2v) is 10.9. The van der Waals surface area contributed by atoms with Crippen molar-refractivity contribution in [2.24, 2.45) is 0 Å². The summed E-state index contributed by atoms with van der Waals surface area (Å²) < 4.78 is 16.2. The molecule has 2 heterocycles. The molecule has 0 saturated carbocycles. The van der Waals surface area contributed by atoms with Crippen molar-refractivity contribution < 1.29 is 23.8 Å². The molecule has 1 aliphatic rings. The molecule has 0 radical (unpaired) electrons. The molecule has 2 N–H and O–H groups in total. The first-order chi connectivity index (χ1) is 19.6. The van der Waals surface area contributed by atoms with Crippen LogP contribution in [0.3, 0.4) is 0 Å². The average Bonchev–Trinajstić information content (AvgIpc) is 3.44. The molecule has 0 bridgehead atoms. The van der Waals surface area contributed by atoms with Gasteiger partial charge in [-0.1, -0.05) is 45.0 Å². The predicted octanol–water partition coefficient (Wildman–Crippen LogP) is 6.27. The van der Waals surface area contributed by atoms with E-state index in [0.717, 1.165) is 27.9 Å². The highest BCUT2D eigenvalue weighted by Crippen LogP contribution is 2.33. The largest absolute Gasteiger partial charge is 0.496 e. The number of aryl methyl sites for hydroxylation is 1. The van der Waals surface area contributed by atoms with Gasteiger partial charge < -0.3 is 24.8 Å². The first kappa shape index (κ1) is 27.7. The Hall–Kier alpha value is -4.85. The van der Waals surface area contributed by atoms with Gasteiger partial charge in [-0.05, 0) is 71.5 Å². The summed E-state index contributed by atoms with van der Waals surface area (Å²) in [6, 6.07) is 20.5. The zero-order valence-electron chi connectivity index (χ0n) is 23.8. The number of pyridine rings is 1. The maximum atomic E-state index is 13.3. The van der Waals surface area contributed by atoms with E-state index in [1.165, 1.54) is 0 Å². The summed E-state index contributed by atoms with van der Waals surface area (Å²) in [4.78, 5) is 30.5. The maximum absolute atomic E-state index is 13.3. The summed E-state index contributed by atoms with van der Waals surface area (Å²) in [6.45, 7) is 8.78. The molecule has 0 aliphatic carbocycles. The van der Waals surface area contributed by atoms with E-state index in [1.807, 2.05) is 61.5 Å². The molecule has 3 aromatic carbocycles. The van der Waals surface area contributed by atoms with Gasteiger partial charge in [-0.25, -0.2) is 0 Å². The Morgan fingerprint density at radius 3 is 2.41 bits per heavy atom. The van der Waals surface area contributed by atoms with E-state index in [2.05, 4.69) is 36.4 Å². The number of ether oxygens (including phenoxy) is 3. The number of amides is 2. The van der Waals surface area contributed by atoms with E-state index in [1.54, 1.807) is 25.4 Å². The van der Waals surface area contributed by atoms with E-state index in [9.17, 15) is 9.59 Å². The minimum absolute atomic E-state index is 0.116. The number of methoxy groups -OCH3 is 1. The molecule has 0 saturated heterocycles. The average molecular weight is 552 g/mol. The van der Waals surface area contributed by atoms with E-state index in [0.29, 0.717) is 40.6 Å². The molecule has 0 fully saturated rings. The monoisotopic (exact) mass is 551 g/mol. The number of rotatable bonds is 7. The van der Waals surface area contributed by atoms with Gasteiger partial charge in [-0.3, -0.25) is 14.6 Å². The number of carbonyl (C=O) groups is 2. The maximum Gasteiger partial charge on any atom is 0.259 e. The summed E-state index contributed by atoms with van der Waals surface area (Å²) in [7, 11) is 1.55. The normalized spacial score (nSPS) is 12.1. The fourth-order valence-electron chi connectivity index (χ4n) is 4.58. The van der Waals surface area contributed by atoms with Crippen LogP contribution >= 0.6 is 0 Å². The molecular weight excluding hydrogens is 518 g/mol. The van der Waals surface area contributed by atoms with Crippen LogP contribution in [0.5, 0.6) is 17.2 Å². The smallest absolute Gasteiger partial charge is 0.259 e. The Balaban J connectivity index is 1.29. The van der Waals surface area contributed by atoms with Crippen molar-refractivity contribution in [2.45, 2.75) is 39.7 Å². The third kappa shape index (κ3) is 6.17. The lowest BCUT2D eigenvalue weighted by molar-refractivity contribution is 0.0950. The fraction of sp³-hybridized carbons (Fsp3) is 0.242. The van der Waals surface area contributed by atoms with Crippen LogP contribution < -0.4 is 24.8 Å². The van der Waals surface area contributed by atoms with E-state index >= 15 is 0 Å². The number of nitrogens with one attached hydrogen (secondary N) is 2. The second kappa shape index (κ2) is 11.3. The van der Waals surface area contributed by atoms with Gasteiger partial charge in [-0.2, -0.15) is 0 Å². The molecule has 8 nitrogen and oxygen atoms in total. The second-order valence-electron chi connectivity index (χ2n) is 10.9. The highest BCUT2D eigenvalue weighted by atomic mass is 16.7. The van der Waals surface area contributed by atoms with Crippen molar-refractivity contribution in [3.8, 4) is 28.4 Å². The van der Waals surface area contributed by atoms with Crippen molar-refractivity contribution >= 4 is 17.5 Å². The lowest BCUT2D eigenvalue weighted by Gasteiger charge is -2.21. The highest BCUT2D eigenvalue weighted by molar-refractivity contribution is 6.06. The van der Waals surface area contributed by atoms with Crippen LogP contribution in [0, 0.1) is 6.92 Å². The molecule has 41 heavy (non-hydrogen) atoms. The highest BCUT2D eigenvalue weighted by Gasteiger charge is 2.20. The molecule has 1 aromatic heterocycles. The van der Waals surface area contributed by atoms with E-state index in [-0.39, 0.29) is 24.0 Å². The molecule has 210 valence electrons. The Bertz CT molecular complexity index is 1610. The molecule has 0 atom stereocenters. The standard InChI is InChI=1S/C33H33N3O5/c1-20-26(16-25(18-34-20)36-32(38)27-15-24(33(2,3)4)11-13-28(27)39-5)22-7-9-23(10-8-22)31(37)35-17-21-6-12-29-30(14-21)41-19-40-29/h6-16,18H,17,19H2,1-5H3,(H,35,37)(H,36,38). The van der Waals surface area contributed by atoms with Gasteiger partial charge in [0.25, 0.3) is 11.8 Å². The van der Waals surface area contributed by atoms with Crippen LogP contribution in [0.15, 0.2) is 72.9 Å². The predicted molar refractivity (Wildman–Crippen MR) is 158 cm³/mol. The molecule has 2 amide bonds. The number of hydrogen-bond donors (Lipinski definition) is 2.